The molecule has 3 nitrogen and oxygen atoms in total. The molecule has 0 aliphatic heterocycles. The van der Waals surface area contributed by atoms with Crippen molar-refractivity contribution in [2.45, 2.75) is 50.7 Å². The lowest BCUT2D eigenvalue weighted by Gasteiger charge is -2.32. The molecule has 0 spiro atoms. The van der Waals surface area contributed by atoms with Gasteiger partial charge in [-0.25, -0.2) is 0 Å². The van der Waals surface area contributed by atoms with Gasteiger partial charge in [-0.2, -0.15) is 0 Å². The first-order valence-corrected chi connectivity index (χ1v) is 5.24. The van der Waals surface area contributed by atoms with E-state index in [0.29, 0.717) is 13.1 Å². The van der Waals surface area contributed by atoms with Crippen molar-refractivity contribution in [3.63, 3.8) is 0 Å². The lowest BCUT2D eigenvalue weighted by Crippen LogP contribution is -2.43. The zero-order valence-corrected chi connectivity index (χ0v) is 8.42. The van der Waals surface area contributed by atoms with Crippen LogP contribution in [-0.2, 0) is 0 Å². The normalized spacial score (nSPS) is 24.2. The molecule has 3 heteroatoms. The maximum Gasteiger partial charge on any atom is 0.0771 e. The zero-order valence-electron chi connectivity index (χ0n) is 8.42. The first kappa shape index (κ1) is 11.0. The SMILES string of the molecule is C[C@@H](O)CNCC1(O)CCCCC1. The van der Waals surface area contributed by atoms with Crippen LogP contribution < -0.4 is 5.32 Å². The first-order chi connectivity index (χ1) is 6.12. The molecule has 1 atom stereocenters. The number of nitrogens with one attached hydrogen (secondary N) is 1. The molecule has 1 rings (SSSR count). The van der Waals surface area contributed by atoms with Gasteiger partial charge in [-0.15, -0.1) is 0 Å². The fourth-order valence-electron chi connectivity index (χ4n) is 1.90. The molecule has 3 N–H and O–H groups in total. The fraction of sp³-hybridized carbons (Fsp3) is 1.00. The van der Waals surface area contributed by atoms with Gasteiger partial charge in [0.25, 0.3) is 0 Å². The summed E-state index contributed by atoms with van der Waals surface area (Å²) in [6.07, 6.45) is 4.99. The number of aliphatic hydroxyl groups excluding tert-OH is 1. The van der Waals surface area contributed by atoms with Gasteiger partial charge in [0, 0.05) is 13.1 Å². The lowest BCUT2D eigenvalue weighted by atomic mass is 9.85. The molecule has 0 heterocycles. The van der Waals surface area contributed by atoms with E-state index in [1.165, 1.54) is 6.42 Å². The van der Waals surface area contributed by atoms with Gasteiger partial charge in [-0.1, -0.05) is 19.3 Å². The van der Waals surface area contributed by atoms with Crippen molar-refractivity contribution in [1.29, 1.82) is 0 Å². The maximum absolute atomic E-state index is 10.0. The fourth-order valence-corrected chi connectivity index (χ4v) is 1.90. The van der Waals surface area contributed by atoms with Crippen LogP contribution in [0.1, 0.15) is 39.0 Å². The standard InChI is InChI=1S/C10H21NO2/c1-9(12)7-11-8-10(13)5-3-2-4-6-10/h9,11-13H,2-8H2,1H3/t9-/m1/s1. The Kier molecular flexibility index (Phi) is 4.16. The van der Waals surface area contributed by atoms with E-state index in [0.717, 1.165) is 25.7 Å². The van der Waals surface area contributed by atoms with Crippen LogP contribution in [0.25, 0.3) is 0 Å². The second kappa shape index (κ2) is 4.94. The third-order valence-electron chi connectivity index (χ3n) is 2.68. The molecular formula is C10H21NO2. The average molecular weight is 187 g/mol. The molecule has 0 saturated heterocycles. The Hall–Kier alpha value is -0.120. The average Bonchev–Trinajstić information content (AvgIpc) is 2.04. The summed E-state index contributed by atoms with van der Waals surface area (Å²) < 4.78 is 0. The first-order valence-electron chi connectivity index (χ1n) is 5.24. The molecule has 1 saturated carbocycles. The van der Waals surface area contributed by atoms with Crippen molar-refractivity contribution in [2.24, 2.45) is 0 Å². The second-order valence-electron chi connectivity index (χ2n) is 4.26. The van der Waals surface area contributed by atoms with Crippen LogP contribution in [0.3, 0.4) is 0 Å². The molecular weight excluding hydrogens is 166 g/mol. The molecule has 1 aliphatic rings. The van der Waals surface area contributed by atoms with Gasteiger partial charge in [0.15, 0.2) is 0 Å². The largest absolute Gasteiger partial charge is 0.392 e. The van der Waals surface area contributed by atoms with Crippen LogP contribution in [0, 0.1) is 0 Å². The van der Waals surface area contributed by atoms with E-state index in [4.69, 9.17) is 5.11 Å². The summed E-state index contributed by atoms with van der Waals surface area (Å²) in [4.78, 5) is 0. The summed E-state index contributed by atoms with van der Waals surface area (Å²) in [7, 11) is 0. The minimum atomic E-state index is -0.507. The molecule has 0 amide bonds. The number of rotatable bonds is 4. The third-order valence-corrected chi connectivity index (χ3v) is 2.68. The summed E-state index contributed by atoms with van der Waals surface area (Å²) in [5, 5.41) is 22.2. The smallest absolute Gasteiger partial charge is 0.0771 e. The molecule has 0 bridgehead atoms. The van der Waals surface area contributed by atoms with Gasteiger partial charge in [0.1, 0.15) is 0 Å². The van der Waals surface area contributed by atoms with Crippen molar-refractivity contribution in [1.82, 2.24) is 5.32 Å². The van der Waals surface area contributed by atoms with E-state index < -0.39 is 5.60 Å². The van der Waals surface area contributed by atoms with E-state index in [-0.39, 0.29) is 6.10 Å². The quantitative estimate of drug-likeness (QED) is 0.606. The topological polar surface area (TPSA) is 52.5 Å². The summed E-state index contributed by atoms with van der Waals surface area (Å²) in [5.41, 5.74) is -0.507. The highest BCUT2D eigenvalue weighted by molar-refractivity contribution is 4.84. The highest BCUT2D eigenvalue weighted by Crippen LogP contribution is 2.27. The van der Waals surface area contributed by atoms with Crippen LogP contribution in [0.15, 0.2) is 0 Å². The highest BCUT2D eigenvalue weighted by atomic mass is 16.3. The molecule has 0 aromatic carbocycles. The summed E-state index contributed by atoms with van der Waals surface area (Å²) >= 11 is 0. The van der Waals surface area contributed by atoms with Gasteiger partial charge in [-0.3, -0.25) is 0 Å². The van der Waals surface area contributed by atoms with Crippen molar-refractivity contribution in [2.75, 3.05) is 13.1 Å². The zero-order chi connectivity index (χ0) is 9.73. The van der Waals surface area contributed by atoms with Crippen LogP contribution >= 0.6 is 0 Å². The Morgan fingerprint density at radius 2 is 1.92 bits per heavy atom. The minimum Gasteiger partial charge on any atom is -0.392 e. The number of hydrogen-bond donors (Lipinski definition) is 3. The van der Waals surface area contributed by atoms with Crippen LogP contribution in [0.4, 0.5) is 0 Å². The molecule has 78 valence electrons. The number of hydrogen-bond acceptors (Lipinski definition) is 3. The predicted molar refractivity (Wildman–Crippen MR) is 52.6 cm³/mol. The monoisotopic (exact) mass is 187 g/mol. The van der Waals surface area contributed by atoms with E-state index in [9.17, 15) is 5.11 Å². The lowest BCUT2D eigenvalue weighted by molar-refractivity contribution is 0.00309. The van der Waals surface area contributed by atoms with E-state index in [2.05, 4.69) is 5.32 Å². The third kappa shape index (κ3) is 4.07. The van der Waals surface area contributed by atoms with Crippen LogP contribution in [-0.4, -0.2) is 35.0 Å². The van der Waals surface area contributed by atoms with E-state index >= 15 is 0 Å². The van der Waals surface area contributed by atoms with Crippen molar-refractivity contribution in [3.05, 3.63) is 0 Å². The predicted octanol–water partition coefficient (Wildman–Crippen LogP) is 0.652. The Morgan fingerprint density at radius 3 is 2.46 bits per heavy atom. The van der Waals surface area contributed by atoms with Gasteiger partial charge in [0.05, 0.1) is 11.7 Å². The maximum atomic E-state index is 10.0. The number of aliphatic hydroxyl groups is 2. The van der Waals surface area contributed by atoms with Gasteiger partial charge >= 0.3 is 0 Å². The molecule has 0 unspecified atom stereocenters. The molecule has 13 heavy (non-hydrogen) atoms. The molecule has 0 radical (unpaired) electrons. The van der Waals surface area contributed by atoms with Crippen molar-refractivity contribution in [3.8, 4) is 0 Å². The Bertz CT molecular complexity index is 142. The van der Waals surface area contributed by atoms with Gasteiger partial charge in [0.2, 0.25) is 0 Å². The minimum absolute atomic E-state index is 0.327. The molecule has 1 aliphatic carbocycles. The van der Waals surface area contributed by atoms with Crippen LogP contribution in [0.2, 0.25) is 0 Å². The summed E-state index contributed by atoms with van der Waals surface area (Å²) in [6.45, 7) is 2.94. The molecule has 0 aromatic rings. The van der Waals surface area contributed by atoms with Crippen LogP contribution in [0.5, 0.6) is 0 Å². The van der Waals surface area contributed by atoms with Crippen molar-refractivity contribution < 1.29 is 10.2 Å². The van der Waals surface area contributed by atoms with E-state index in [1.54, 1.807) is 6.92 Å². The van der Waals surface area contributed by atoms with Crippen molar-refractivity contribution >= 4 is 0 Å². The summed E-state index contributed by atoms with van der Waals surface area (Å²) in [5.74, 6) is 0. The molecule has 0 aromatic heterocycles. The Balaban J connectivity index is 2.17. The summed E-state index contributed by atoms with van der Waals surface area (Å²) in [6, 6.07) is 0. The second-order valence-corrected chi connectivity index (χ2v) is 4.26. The highest BCUT2D eigenvalue weighted by Gasteiger charge is 2.28. The Labute approximate surface area is 80.2 Å². The Morgan fingerprint density at radius 1 is 1.31 bits per heavy atom. The molecule has 1 fully saturated rings. The van der Waals surface area contributed by atoms with Gasteiger partial charge < -0.3 is 15.5 Å². The van der Waals surface area contributed by atoms with Gasteiger partial charge in [-0.05, 0) is 19.8 Å². The van der Waals surface area contributed by atoms with E-state index in [1.807, 2.05) is 0 Å².